The highest BCUT2D eigenvalue weighted by atomic mass is 16.5. The Labute approximate surface area is 199 Å². The summed E-state index contributed by atoms with van der Waals surface area (Å²) in [5.41, 5.74) is 1.66. The average Bonchev–Trinajstić information content (AvgIpc) is 2.87. The van der Waals surface area contributed by atoms with Gasteiger partial charge < -0.3 is 25.4 Å². The smallest absolute Gasteiger partial charge is 0.407 e. The summed E-state index contributed by atoms with van der Waals surface area (Å²) in [5, 5.41) is 7.34. The molecule has 2 atom stereocenters. The molecule has 0 spiro atoms. The van der Waals surface area contributed by atoms with Crippen molar-refractivity contribution in [3.63, 3.8) is 0 Å². The lowest BCUT2D eigenvalue weighted by molar-refractivity contribution is -0.150. The van der Waals surface area contributed by atoms with Crippen LogP contribution in [0, 0.1) is 5.92 Å². The van der Waals surface area contributed by atoms with Crippen molar-refractivity contribution in [2.75, 3.05) is 13.1 Å². The number of nitrogens with one attached hydrogen (secondary N) is 3. The molecule has 9 heteroatoms. The van der Waals surface area contributed by atoms with E-state index in [0.29, 0.717) is 6.42 Å². The maximum atomic E-state index is 12.5. The highest BCUT2D eigenvalue weighted by Crippen LogP contribution is 2.11. The molecule has 0 aromatic heterocycles. The van der Waals surface area contributed by atoms with Gasteiger partial charge in [-0.3, -0.25) is 9.59 Å². The van der Waals surface area contributed by atoms with Crippen molar-refractivity contribution in [1.29, 1.82) is 0 Å². The molecule has 0 heterocycles. The third-order valence-corrected chi connectivity index (χ3v) is 5.06. The van der Waals surface area contributed by atoms with Gasteiger partial charge in [0.25, 0.3) is 0 Å². The zero-order valence-electron chi connectivity index (χ0n) is 19.4. The molecule has 2 aromatic rings. The fourth-order valence-electron chi connectivity index (χ4n) is 2.88. The maximum Gasteiger partial charge on any atom is 0.407 e. The average molecular weight is 470 g/mol. The molecule has 9 nitrogen and oxygen atoms in total. The van der Waals surface area contributed by atoms with Gasteiger partial charge in [-0.2, -0.15) is 0 Å². The summed E-state index contributed by atoms with van der Waals surface area (Å²) in [4.78, 5) is 48.5. The first kappa shape index (κ1) is 26.4. The van der Waals surface area contributed by atoms with Crippen LogP contribution in [0.1, 0.15) is 31.4 Å². The van der Waals surface area contributed by atoms with Crippen LogP contribution in [0.4, 0.5) is 4.79 Å². The van der Waals surface area contributed by atoms with E-state index in [1.54, 1.807) is 0 Å². The number of esters is 1. The molecule has 34 heavy (non-hydrogen) atoms. The number of ether oxygens (including phenoxy) is 2. The molecule has 0 bridgehead atoms. The van der Waals surface area contributed by atoms with Crippen molar-refractivity contribution in [3.05, 3.63) is 71.8 Å². The van der Waals surface area contributed by atoms with Crippen LogP contribution >= 0.6 is 0 Å². The van der Waals surface area contributed by atoms with Gasteiger partial charge in [0.05, 0.1) is 6.54 Å². The molecule has 0 saturated carbocycles. The van der Waals surface area contributed by atoms with Crippen molar-refractivity contribution >= 4 is 23.9 Å². The number of alkyl carbamates (subject to hydrolysis) is 1. The van der Waals surface area contributed by atoms with Crippen LogP contribution in [-0.2, 0) is 37.1 Å². The van der Waals surface area contributed by atoms with E-state index >= 15 is 0 Å². The van der Waals surface area contributed by atoms with Crippen molar-refractivity contribution in [2.45, 2.75) is 39.5 Å². The minimum Gasteiger partial charge on any atom is -0.459 e. The first-order valence-electron chi connectivity index (χ1n) is 11.1. The second-order valence-electron chi connectivity index (χ2n) is 7.72. The Morgan fingerprint density at radius 3 is 1.85 bits per heavy atom. The van der Waals surface area contributed by atoms with Crippen LogP contribution < -0.4 is 16.0 Å². The lowest BCUT2D eigenvalue weighted by Gasteiger charge is -2.23. The number of rotatable bonds is 12. The standard InChI is InChI=1S/C25H31N3O6/c1-3-18(2)23(24(31)33-16-19-10-6-4-7-11-19)28-22(30)15-26-21(29)14-27-25(32)34-17-20-12-8-5-9-13-20/h4-13,18,23H,3,14-17H2,1-2H3,(H,26,29)(H,27,32)(H,28,30). The minimum absolute atomic E-state index is 0.0775. The number of hydrogen-bond acceptors (Lipinski definition) is 6. The lowest BCUT2D eigenvalue weighted by atomic mass is 9.99. The van der Waals surface area contributed by atoms with Crippen molar-refractivity contribution < 1.29 is 28.7 Å². The number of benzene rings is 2. The second kappa shape index (κ2) is 14.3. The minimum atomic E-state index is -0.843. The Morgan fingerprint density at radius 2 is 1.29 bits per heavy atom. The molecule has 182 valence electrons. The van der Waals surface area contributed by atoms with Crippen LogP contribution in [0.25, 0.3) is 0 Å². The van der Waals surface area contributed by atoms with Gasteiger partial charge in [-0.15, -0.1) is 0 Å². The Balaban J connectivity index is 1.71. The number of carbonyl (C=O) groups excluding carboxylic acids is 4. The van der Waals surface area contributed by atoms with E-state index in [1.807, 2.05) is 74.5 Å². The molecule has 2 unspecified atom stereocenters. The summed E-state index contributed by atoms with van der Waals surface area (Å²) in [6.45, 7) is 3.21. The SMILES string of the molecule is CCC(C)C(NC(=O)CNC(=O)CNC(=O)OCc1ccccc1)C(=O)OCc1ccccc1. The first-order chi connectivity index (χ1) is 16.4. The molecule has 0 aliphatic rings. The summed E-state index contributed by atoms with van der Waals surface area (Å²) in [5.74, 6) is -1.81. The van der Waals surface area contributed by atoms with Crippen LogP contribution in [0.15, 0.2) is 60.7 Å². The maximum absolute atomic E-state index is 12.5. The van der Waals surface area contributed by atoms with Crippen LogP contribution in [0.5, 0.6) is 0 Å². The molecule has 0 radical (unpaired) electrons. The van der Waals surface area contributed by atoms with Crippen LogP contribution in [0.2, 0.25) is 0 Å². The summed E-state index contributed by atoms with van der Waals surface area (Å²) >= 11 is 0. The van der Waals surface area contributed by atoms with Gasteiger partial charge in [-0.05, 0) is 17.0 Å². The zero-order valence-corrected chi connectivity index (χ0v) is 19.4. The first-order valence-corrected chi connectivity index (χ1v) is 11.1. The van der Waals surface area contributed by atoms with Gasteiger partial charge in [0, 0.05) is 0 Å². The van der Waals surface area contributed by atoms with Gasteiger partial charge in [0.1, 0.15) is 25.8 Å². The Hall–Kier alpha value is -3.88. The predicted molar refractivity (Wildman–Crippen MR) is 125 cm³/mol. The van der Waals surface area contributed by atoms with Gasteiger partial charge >= 0.3 is 12.1 Å². The van der Waals surface area contributed by atoms with Crippen molar-refractivity contribution in [1.82, 2.24) is 16.0 Å². The van der Waals surface area contributed by atoms with Crippen molar-refractivity contribution in [3.8, 4) is 0 Å². The molecular formula is C25H31N3O6. The Kier molecular flexibility index (Phi) is 11.1. The van der Waals surface area contributed by atoms with Crippen LogP contribution in [-0.4, -0.2) is 43.0 Å². The third kappa shape index (κ3) is 9.72. The van der Waals surface area contributed by atoms with E-state index in [9.17, 15) is 19.2 Å². The fraction of sp³-hybridized carbons (Fsp3) is 0.360. The molecule has 0 saturated heterocycles. The molecule has 0 aliphatic carbocycles. The van der Waals surface area contributed by atoms with Crippen molar-refractivity contribution in [2.24, 2.45) is 5.92 Å². The molecular weight excluding hydrogens is 438 g/mol. The largest absolute Gasteiger partial charge is 0.459 e. The number of hydrogen-bond donors (Lipinski definition) is 3. The van der Waals surface area contributed by atoms with E-state index < -0.39 is 29.9 Å². The van der Waals surface area contributed by atoms with E-state index in [2.05, 4.69) is 16.0 Å². The Bertz CT molecular complexity index is 936. The van der Waals surface area contributed by atoms with E-state index in [0.717, 1.165) is 11.1 Å². The highest BCUT2D eigenvalue weighted by Gasteiger charge is 2.27. The van der Waals surface area contributed by atoms with E-state index in [-0.39, 0.29) is 32.2 Å². The topological polar surface area (TPSA) is 123 Å². The summed E-state index contributed by atoms with van der Waals surface area (Å²) in [7, 11) is 0. The van der Waals surface area contributed by atoms with Gasteiger partial charge in [0.2, 0.25) is 11.8 Å². The fourth-order valence-corrected chi connectivity index (χ4v) is 2.88. The second-order valence-corrected chi connectivity index (χ2v) is 7.72. The van der Waals surface area contributed by atoms with Gasteiger partial charge in [-0.25, -0.2) is 9.59 Å². The summed E-state index contributed by atoms with van der Waals surface area (Å²) in [6, 6.07) is 17.5. The molecule has 3 N–H and O–H groups in total. The zero-order chi connectivity index (χ0) is 24.8. The van der Waals surface area contributed by atoms with Gasteiger partial charge in [0.15, 0.2) is 0 Å². The molecule has 2 aromatic carbocycles. The van der Waals surface area contributed by atoms with E-state index in [1.165, 1.54) is 0 Å². The molecule has 2 rings (SSSR count). The summed E-state index contributed by atoms with van der Waals surface area (Å²) in [6.07, 6.45) is -0.103. The van der Waals surface area contributed by atoms with Crippen LogP contribution in [0.3, 0.4) is 0 Å². The number of carbonyl (C=O) groups is 4. The predicted octanol–water partition coefficient (Wildman–Crippen LogP) is 2.30. The molecule has 0 aliphatic heterocycles. The third-order valence-electron chi connectivity index (χ3n) is 5.06. The monoisotopic (exact) mass is 469 g/mol. The Morgan fingerprint density at radius 1 is 0.765 bits per heavy atom. The molecule has 0 fully saturated rings. The van der Waals surface area contributed by atoms with E-state index in [4.69, 9.17) is 9.47 Å². The molecule has 3 amide bonds. The quantitative estimate of drug-likeness (QED) is 0.410. The number of amides is 3. The van der Waals surface area contributed by atoms with Gasteiger partial charge in [-0.1, -0.05) is 80.9 Å². The summed E-state index contributed by atoms with van der Waals surface area (Å²) < 4.78 is 10.4. The lowest BCUT2D eigenvalue weighted by Crippen LogP contribution is -2.50. The highest BCUT2D eigenvalue weighted by molar-refractivity contribution is 5.89. The normalized spacial score (nSPS) is 12.1.